The van der Waals surface area contributed by atoms with Crippen molar-refractivity contribution in [3.05, 3.63) is 24.5 Å². The molecule has 2 aromatic heterocycles. The number of piperidine rings is 1. The van der Waals surface area contributed by atoms with Crippen molar-refractivity contribution in [2.75, 3.05) is 38.1 Å². The Balaban J connectivity index is 1.19. The molecule has 2 aromatic rings. The lowest BCUT2D eigenvalue weighted by Crippen LogP contribution is -2.43. The van der Waals surface area contributed by atoms with Gasteiger partial charge in [0, 0.05) is 50.5 Å². The molecule has 3 heterocycles. The van der Waals surface area contributed by atoms with Crippen LogP contribution in [0.5, 0.6) is 0 Å². The van der Waals surface area contributed by atoms with Crippen LogP contribution >= 0.6 is 11.3 Å². The molecule has 1 N–H and O–H groups in total. The largest absolute Gasteiger partial charge is 0.355 e. The Morgan fingerprint density at radius 1 is 1.10 bits per heavy atom. The van der Waals surface area contributed by atoms with E-state index in [0.29, 0.717) is 6.04 Å². The lowest BCUT2D eigenvalue weighted by molar-refractivity contribution is -0.125. The quantitative estimate of drug-likeness (QED) is 0.752. The molecule has 1 saturated heterocycles. The summed E-state index contributed by atoms with van der Waals surface area (Å²) in [5.74, 6) is 0.329. The molecule has 1 aliphatic heterocycles. The van der Waals surface area contributed by atoms with E-state index >= 15 is 0 Å². The number of nitrogens with zero attached hydrogens (tertiary/aromatic N) is 5. The summed E-state index contributed by atoms with van der Waals surface area (Å²) < 4.78 is 1.98. The SMILES string of the molecule is CN(CCNC(=O)C1CCN(c2nnc(-n3cccc3)s2)CC1)C1CCCCC1. The van der Waals surface area contributed by atoms with Crippen LogP contribution in [-0.4, -0.2) is 64.8 Å². The topological polar surface area (TPSA) is 66.3 Å². The maximum atomic E-state index is 12.6. The van der Waals surface area contributed by atoms with Gasteiger partial charge in [-0.05, 0) is 44.9 Å². The number of carbonyl (C=O) groups is 1. The van der Waals surface area contributed by atoms with Gasteiger partial charge in [-0.2, -0.15) is 0 Å². The van der Waals surface area contributed by atoms with Crippen LogP contribution < -0.4 is 10.2 Å². The minimum atomic E-state index is 0.114. The van der Waals surface area contributed by atoms with Gasteiger partial charge < -0.3 is 15.1 Å². The maximum Gasteiger partial charge on any atom is 0.223 e. The molecule has 0 bridgehead atoms. The predicted octanol–water partition coefficient (Wildman–Crippen LogP) is 2.93. The third kappa shape index (κ3) is 5.17. The zero-order valence-corrected chi connectivity index (χ0v) is 18.1. The number of hydrogen-bond donors (Lipinski definition) is 1. The predicted molar refractivity (Wildman–Crippen MR) is 117 cm³/mol. The van der Waals surface area contributed by atoms with Gasteiger partial charge in [-0.15, -0.1) is 10.2 Å². The second-order valence-corrected chi connectivity index (χ2v) is 9.22. The second-order valence-electron chi connectivity index (χ2n) is 8.28. The zero-order chi connectivity index (χ0) is 20.1. The van der Waals surface area contributed by atoms with E-state index in [9.17, 15) is 4.79 Å². The van der Waals surface area contributed by atoms with Crippen LogP contribution in [0, 0.1) is 5.92 Å². The average molecular weight is 417 g/mol. The molecule has 4 rings (SSSR count). The number of hydrogen-bond acceptors (Lipinski definition) is 6. The Labute approximate surface area is 177 Å². The van der Waals surface area contributed by atoms with E-state index in [0.717, 1.165) is 49.3 Å². The molecule has 1 aliphatic carbocycles. The molecule has 0 spiro atoms. The average Bonchev–Trinajstić information content (AvgIpc) is 3.46. The minimum Gasteiger partial charge on any atom is -0.355 e. The van der Waals surface area contributed by atoms with E-state index in [1.807, 2.05) is 29.1 Å². The number of nitrogens with one attached hydrogen (secondary N) is 1. The van der Waals surface area contributed by atoms with Crippen LogP contribution in [0.15, 0.2) is 24.5 Å². The number of anilines is 1. The van der Waals surface area contributed by atoms with Crippen molar-refractivity contribution in [2.45, 2.75) is 51.0 Å². The molecule has 8 heteroatoms. The maximum absolute atomic E-state index is 12.6. The number of likely N-dealkylation sites (N-methyl/N-ethyl adjacent to an activating group) is 1. The van der Waals surface area contributed by atoms with E-state index in [1.54, 1.807) is 11.3 Å². The van der Waals surface area contributed by atoms with Gasteiger partial charge in [0.25, 0.3) is 0 Å². The molecule has 29 heavy (non-hydrogen) atoms. The van der Waals surface area contributed by atoms with Gasteiger partial charge in [0.1, 0.15) is 0 Å². The van der Waals surface area contributed by atoms with Crippen molar-refractivity contribution < 1.29 is 4.79 Å². The van der Waals surface area contributed by atoms with E-state index in [4.69, 9.17) is 0 Å². The lowest BCUT2D eigenvalue weighted by Gasteiger charge is -2.32. The number of aromatic nitrogens is 3. The molecular formula is C21H32N6OS. The number of rotatable bonds is 7. The third-order valence-corrected chi connectivity index (χ3v) is 7.32. The van der Waals surface area contributed by atoms with Crippen molar-refractivity contribution in [1.82, 2.24) is 25.0 Å². The van der Waals surface area contributed by atoms with Gasteiger partial charge in [-0.1, -0.05) is 30.6 Å². The van der Waals surface area contributed by atoms with Gasteiger partial charge in [0.15, 0.2) is 0 Å². The Kier molecular flexibility index (Phi) is 6.82. The fraction of sp³-hybridized carbons (Fsp3) is 0.667. The molecule has 2 aliphatic rings. The van der Waals surface area contributed by atoms with Gasteiger partial charge in [0.2, 0.25) is 16.2 Å². The summed E-state index contributed by atoms with van der Waals surface area (Å²) in [5.41, 5.74) is 0. The highest BCUT2D eigenvalue weighted by molar-refractivity contribution is 7.17. The second kappa shape index (κ2) is 9.71. The van der Waals surface area contributed by atoms with E-state index in [1.165, 1.54) is 32.1 Å². The fourth-order valence-electron chi connectivity index (χ4n) is 4.44. The Bertz CT molecular complexity index is 762. The van der Waals surface area contributed by atoms with Crippen LogP contribution in [0.2, 0.25) is 0 Å². The summed E-state index contributed by atoms with van der Waals surface area (Å²) in [6.07, 6.45) is 12.4. The molecule has 2 fully saturated rings. The van der Waals surface area contributed by atoms with Crippen LogP contribution in [0.25, 0.3) is 5.13 Å². The van der Waals surface area contributed by atoms with Crippen LogP contribution in [0.3, 0.4) is 0 Å². The van der Waals surface area contributed by atoms with E-state index in [-0.39, 0.29) is 11.8 Å². The van der Waals surface area contributed by atoms with Crippen molar-refractivity contribution in [3.63, 3.8) is 0 Å². The van der Waals surface area contributed by atoms with Gasteiger partial charge in [0.05, 0.1) is 0 Å². The normalized spacial score (nSPS) is 19.0. The first-order valence-electron chi connectivity index (χ1n) is 10.9. The molecule has 1 saturated carbocycles. The van der Waals surface area contributed by atoms with Crippen molar-refractivity contribution in [3.8, 4) is 5.13 Å². The first-order chi connectivity index (χ1) is 14.2. The molecular weight excluding hydrogens is 384 g/mol. The highest BCUT2D eigenvalue weighted by atomic mass is 32.1. The van der Waals surface area contributed by atoms with Crippen LogP contribution in [-0.2, 0) is 4.79 Å². The van der Waals surface area contributed by atoms with Crippen molar-refractivity contribution >= 4 is 22.4 Å². The summed E-state index contributed by atoms with van der Waals surface area (Å²) in [5, 5.41) is 13.6. The standard InChI is InChI=1S/C21H32N6OS/c1-25(18-7-3-2-4-8-18)16-11-22-19(28)17-9-14-27(15-10-17)21-24-23-20(29-21)26-12-5-6-13-26/h5-6,12-13,17-18H,2-4,7-11,14-16H2,1H3,(H,22,28). The minimum absolute atomic E-state index is 0.114. The first kappa shape index (κ1) is 20.3. The summed E-state index contributed by atoms with van der Waals surface area (Å²) in [6, 6.07) is 4.67. The van der Waals surface area contributed by atoms with Crippen LogP contribution in [0.1, 0.15) is 44.9 Å². The summed E-state index contributed by atoms with van der Waals surface area (Å²) >= 11 is 1.60. The van der Waals surface area contributed by atoms with Crippen molar-refractivity contribution in [2.24, 2.45) is 5.92 Å². The molecule has 7 nitrogen and oxygen atoms in total. The molecule has 158 valence electrons. The summed E-state index contributed by atoms with van der Waals surface area (Å²) in [7, 11) is 2.20. The van der Waals surface area contributed by atoms with Gasteiger partial charge in [-0.3, -0.25) is 9.36 Å². The van der Waals surface area contributed by atoms with E-state index < -0.39 is 0 Å². The number of amides is 1. The monoisotopic (exact) mass is 416 g/mol. The summed E-state index contributed by atoms with van der Waals surface area (Å²) in [4.78, 5) is 17.3. The van der Waals surface area contributed by atoms with Gasteiger partial charge >= 0.3 is 0 Å². The smallest absolute Gasteiger partial charge is 0.223 e. The Hall–Kier alpha value is -1.93. The van der Waals surface area contributed by atoms with Crippen molar-refractivity contribution in [1.29, 1.82) is 0 Å². The highest BCUT2D eigenvalue weighted by Crippen LogP contribution is 2.28. The highest BCUT2D eigenvalue weighted by Gasteiger charge is 2.27. The lowest BCUT2D eigenvalue weighted by atomic mass is 9.94. The molecule has 0 unspecified atom stereocenters. The molecule has 0 radical (unpaired) electrons. The molecule has 1 amide bonds. The fourth-order valence-corrected chi connectivity index (χ4v) is 5.30. The molecule has 0 aromatic carbocycles. The number of carbonyl (C=O) groups excluding carboxylic acids is 1. The third-order valence-electron chi connectivity index (χ3n) is 6.33. The first-order valence-corrected chi connectivity index (χ1v) is 11.7. The Morgan fingerprint density at radius 2 is 1.79 bits per heavy atom. The zero-order valence-electron chi connectivity index (χ0n) is 17.3. The summed E-state index contributed by atoms with van der Waals surface area (Å²) in [6.45, 7) is 3.42. The van der Waals surface area contributed by atoms with Gasteiger partial charge in [-0.25, -0.2) is 0 Å². The molecule has 0 atom stereocenters. The van der Waals surface area contributed by atoms with E-state index in [2.05, 4.69) is 32.4 Å². The van der Waals surface area contributed by atoms with Crippen LogP contribution in [0.4, 0.5) is 5.13 Å². The Morgan fingerprint density at radius 3 is 2.52 bits per heavy atom.